The highest BCUT2D eigenvalue weighted by Crippen LogP contribution is 2.54. The minimum absolute atomic E-state index is 0.0616. The van der Waals surface area contributed by atoms with E-state index in [1.54, 1.807) is 6.08 Å². The summed E-state index contributed by atoms with van der Waals surface area (Å²) in [6.07, 6.45) is 3.75. The molecule has 2 aromatic carbocycles. The maximum absolute atomic E-state index is 15.8. The van der Waals surface area contributed by atoms with Gasteiger partial charge in [0, 0.05) is 40.1 Å². The van der Waals surface area contributed by atoms with Crippen molar-refractivity contribution >= 4 is 35.0 Å². The predicted molar refractivity (Wildman–Crippen MR) is 147 cm³/mol. The molecule has 9 heteroatoms. The standard InChI is InChI=1S/C30H29Cl2F2N3O2/c1-29(2,3)14-19-15-37(28(39)18-9-7-17(8-10-18)27(36)38)26(21-5-4-6-23(32)25(21)34)30(19,16-35)22-12-11-20(31)13-24(22)33/h4,6-13,19,21,26H,5,14-15H2,1-3H3,(H2,36,38)/t19-,21?,26-,30-/m1/s1. The van der Waals surface area contributed by atoms with Crippen molar-refractivity contribution in [1.82, 2.24) is 4.90 Å². The van der Waals surface area contributed by atoms with Crippen molar-refractivity contribution in [3.05, 3.63) is 93.0 Å². The number of primary amides is 1. The zero-order chi connectivity index (χ0) is 28.7. The Morgan fingerprint density at radius 3 is 2.33 bits per heavy atom. The predicted octanol–water partition coefficient (Wildman–Crippen LogP) is 6.91. The van der Waals surface area contributed by atoms with Crippen molar-refractivity contribution in [2.24, 2.45) is 23.0 Å². The van der Waals surface area contributed by atoms with Crippen molar-refractivity contribution in [3.63, 3.8) is 0 Å². The van der Waals surface area contributed by atoms with E-state index >= 15 is 8.78 Å². The number of rotatable bonds is 5. The van der Waals surface area contributed by atoms with Gasteiger partial charge in [0.15, 0.2) is 0 Å². The van der Waals surface area contributed by atoms with Crippen LogP contribution in [0.25, 0.3) is 0 Å². The highest BCUT2D eigenvalue weighted by molar-refractivity contribution is 6.31. The summed E-state index contributed by atoms with van der Waals surface area (Å²) in [5, 5.41) is 11.0. The summed E-state index contributed by atoms with van der Waals surface area (Å²) in [6, 6.07) is 11.2. The highest BCUT2D eigenvalue weighted by atomic mass is 35.5. The molecule has 2 amide bonds. The Balaban J connectivity index is 1.96. The van der Waals surface area contributed by atoms with Crippen molar-refractivity contribution in [1.29, 1.82) is 5.26 Å². The number of hydrogen-bond acceptors (Lipinski definition) is 3. The quantitative estimate of drug-likeness (QED) is 0.422. The lowest BCUT2D eigenvalue weighted by Crippen LogP contribution is -2.51. The van der Waals surface area contributed by atoms with E-state index < -0.39 is 46.8 Å². The van der Waals surface area contributed by atoms with Crippen LogP contribution in [0.2, 0.25) is 5.02 Å². The van der Waals surface area contributed by atoms with E-state index in [9.17, 15) is 14.9 Å². The minimum Gasteiger partial charge on any atom is -0.366 e. The topological polar surface area (TPSA) is 87.2 Å². The fourth-order valence-electron chi connectivity index (χ4n) is 6.00. The second-order valence-corrected chi connectivity index (χ2v) is 12.2. The van der Waals surface area contributed by atoms with E-state index in [1.165, 1.54) is 47.4 Å². The molecule has 2 N–H and O–H groups in total. The molecule has 0 bridgehead atoms. The Morgan fingerprint density at radius 1 is 1.13 bits per heavy atom. The van der Waals surface area contributed by atoms with Gasteiger partial charge < -0.3 is 10.6 Å². The van der Waals surface area contributed by atoms with Gasteiger partial charge in [-0.2, -0.15) is 5.26 Å². The fraction of sp³-hybridized carbons (Fsp3) is 0.367. The maximum Gasteiger partial charge on any atom is 0.254 e. The van der Waals surface area contributed by atoms with Gasteiger partial charge in [-0.15, -0.1) is 0 Å². The van der Waals surface area contributed by atoms with E-state index in [4.69, 9.17) is 28.9 Å². The third-order valence-electron chi connectivity index (χ3n) is 7.55. The Kier molecular flexibility index (Phi) is 7.93. The molecule has 0 spiro atoms. The van der Waals surface area contributed by atoms with Crippen LogP contribution in [0.4, 0.5) is 8.78 Å². The first-order chi connectivity index (χ1) is 18.3. The van der Waals surface area contributed by atoms with Crippen molar-refractivity contribution in [2.45, 2.75) is 45.1 Å². The molecular weight excluding hydrogens is 543 g/mol. The molecule has 1 aliphatic heterocycles. The molecule has 1 fully saturated rings. The number of benzene rings is 2. The van der Waals surface area contributed by atoms with Crippen LogP contribution in [-0.4, -0.2) is 29.3 Å². The first-order valence-corrected chi connectivity index (χ1v) is 13.3. The molecule has 0 saturated carbocycles. The fourth-order valence-corrected chi connectivity index (χ4v) is 6.39. The number of likely N-dealkylation sites (tertiary alicyclic amines) is 1. The van der Waals surface area contributed by atoms with E-state index in [0.29, 0.717) is 6.42 Å². The van der Waals surface area contributed by atoms with Crippen molar-refractivity contribution < 1.29 is 18.4 Å². The second-order valence-electron chi connectivity index (χ2n) is 11.4. The van der Waals surface area contributed by atoms with Gasteiger partial charge in [0.05, 0.1) is 17.1 Å². The molecule has 4 rings (SSSR count). The van der Waals surface area contributed by atoms with Gasteiger partial charge in [0.2, 0.25) is 5.91 Å². The summed E-state index contributed by atoms with van der Waals surface area (Å²) in [5.41, 5.74) is 3.94. The number of carbonyl (C=O) groups is 2. The lowest BCUT2D eigenvalue weighted by Gasteiger charge is -2.41. The Bertz CT molecular complexity index is 1410. The summed E-state index contributed by atoms with van der Waals surface area (Å²) >= 11 is 12.3. The molecule has 39 heavy (non-hydrogen) atoms. The highest BCUT2D eigenvalue weighted by Gasteiger charge is 2.61. The smallest absolute Gasteiger partial charge is 0.254 e. The van der Waals surface area contributed by atoms with Crippen LogP contribution in [0.5, 0.6) is 0 Å². The molecule has 0 aromatic heterocycles. The van der Waals surface area contributed by atoms with Gasteiger partial charge in [-0.3, -0.25) is 9.59 Å². The van der Waals surface area contributed by atoms with Crippen LogP contribution in [-0.2, 0) is 5.41 Å². The number of allylic oxidation sites excluding steroid dienone is 3. The molecule has 1 saturated heterocycles. The SMILES string of the molecule is CC(C)(C)C[C@@H]1CN(C(=O)c2ccc(C(N)=O)cc2)[C@H](C2CC=CC(Cl)=C2F)[C@@]1(C#N)c1ccc(Cl)cc1F. The third kappa shape index (κ3) is 5.33. The number of nitriles is 1. The number of halogens is 4. The summed E-state index contributed by atoms with van der Waals surface area (Å²) in [7, 11) is 0. The monoisotopic (exact) mass is 571 g/mol. The zero-order valence-electron chi connectivity index (χ0n) is 21.8. The first kappa shape index (κ1) is 28.8. The van der Waals surface area contributed by atoms with E-state index in [1.807, 2.05) is 20.8 Å². The summed E-state index contributed by atoms with van der Waals surface area (Å²) in [6.45, 7) is 6.07. The summed E-state index contributed by atoms with van der Waals surface area (Å²) < 4.78 is 31.5. The Hall–Kier alpha value is -3.21. The average molecular weight is 572 g/mol. The average Bonchev–Trinajstić information content (AvgIpc) is 3.18. The molecule has 4 atom stereocenters. The van der Waals surface area contributed by atoms with Crippen LogP contribution in [0, 0.1) is 34.4 Å². The Morgan fingerprint density at radius 2 is 1.77 bits per heavy atom. The second kappa shape index (κ2) is 10.7. The number of hydrogen-bond donors (Lipinski definition) is 1. The lowest BCUT2D eigenvalue weighted by atomic mass is 9.61. The molecule has 204 valence electrons. The maximum atomic E-state index is 15.8. The number of nitrogens with zero attached hydrogens (tertiary/aromatic N) is 2. The summed E-state index contributed by atoms with van der Waals surface area (Å²) in [5.74, 6) is -4.01. The van der Waals surface area contributed by atoms with Crippen LogP contribution in [0.3, 0.4) is 0 Å². The molecular formula is C30H29Cl2F2N3O2. The molecule has 1 heterocycles. The molecule has 2 aromatic rings. The van der Waals surface area contributed by atoms with Gasteiger partial charge in [0.1, 0.15) is 17.1 Å². The molecule has 1 aliphatic carbocycles. The molecule has 1 unspecified atom stereocenters. The van der Waals surface area contributed by atoms with Crippen LogP contribution >= 0.6 is 23.2 Å². The largest absolute Gasteiger partial charge is 0.366 e. The molecule has 2 aliphatic rings. The van der Waals surface area contributed by atoms with Crippen LogP contribution in [0.15, 0.2) is 65.5 Å². The van der Waals surface area contributed by atoms with Crippen molar-refractivity contribution in [3.8, 4) is 6.07 Å². The zero-order valence-corrected chi connectivity index (χ0v) is 23.4. The van der Waals surface area contributed by atoms with Gasteiger partial charge in [0.25, 0.3) is 5.91 Å². The van der Waals surface area contributed by atoms with Gasteiger partial charge in [-0.1, -0.05) is 56.1 Å². The first-order valence-electron chi connectivity index (χ1n) is 12.6. The van der Waals surface area contributed by atoms with Gasteiger partial charge in [-0.25, -0.2) is 8.78 Å². The summed E-state index contributed by atoms with van der Waals surface area (Å²) in [4.78, 5) is 27.1. The third-order valence-corrected chi connectivity index (χ3v) is 8.09. The Labute approximate surface area is 236 Å². The van der Waals surface area contributed by atoms with Gasteiger partial charge >= 0.3 is 0 Å². The lowest BCUT2D eigenvalue weighted by molar-refractivity contribution is 0.0660. The molecule has 0 radical (unpaired) electrons. The number of nitrogens with two attached hydrogens (primary N) is 1. The van der Waals surface area contributed by atoms with Gasteiger partial charge in [-0.05, 0) is 60.7 Å². The van der Waals surface area contributed by atoms with Crippen molar-refractivity contribution in [2.75, 3.05) is 6.54 Å². The van der Waals surface area contributed by atoms with E-state index in [0.717, 1.165) is 6.07 Å². The van der Waals surface area contributed by atoms with E-state index in [-0.39, 0.29) is 45.1 Å². The molecule has 5 nitrogen and oxygen atoms in total. The number of amides is 2. The van der Waals surface area contributed by atoms with Crippen LogP contribution < -0.4 is 5.73 Å². The van der Waals surface area contributed by atoms with E-state index in [2.05, 4.69) is 6.07 Å². The normalized spacial score (nSPS) is 25.1. The number of carbonyl (C=O) groups excluding carboxylic acids is 2. The minimum atomic E-state index is -1.62. The van der Waals surface area contributed by atoms with Crippen LogP contribution in [0.1, 0.15) is 59.9 Å².